The summed E-state index contributed by atoms with van der Waals surface area (Å²) in [5.74, 6) is -0.428. The molecule has 0 bridgehead atoms. The van der Waals surface area contributed by atoms with Gasteiger partial charge in [-0.15, -0.1) is 0 Å². The molecule has 0 unspecified atom stereocenters. The van der Waals surface area contributed by atoms with Gasteiger partial charge in [0.15, 0.2) is 11.9 Å². The first-order valence-corrected chi connectivity index (χ1v) is 7.55. The number of aromatic nitrogens is 1. The minimum atomic E-state index is -0.234. The fourth-order valence-electron chi connectivity index (χ4n) is 2.21. The summed E-state index contributed by atoms with van der Waals surface area (Å²) >= 11 is 0. The first-order valence-electron chi connectivity index (χ1n) is 7.55. The summed E-state index contributed by atoms with van der Waals surface area (Å²) < 4.78 is 1.83. The zero-order valence-corrected chi connectivity index (χ0v) is 13.7. The molecule has 23 heavy (non-hydrogen) atoms. The first-order chi connectivity index (χ1) is 11.0. The van der Waals surface area contributed by atoms with Gasteiger partial charge in [0, 0.05) is 24.7 Å². The van der Waals surface area contributed by atoms with E-state index in [1.54, 1.807) is 0 Å². The molecular weight excluding hydrogens is 290 g/mol. The number of anilines is 1. The van der Waals surface area contributed by atoms with Gasteiger partial charge >= 0.3 is 0 Å². The number of hydrogen-bond donors (Lipinski definition) is 2. The second-order valence-electron chi connectivity index (χ2n) is 5.54. The Bertz CT molecular complexity index is 726. The molecule has 2 amide bonds. The highest BCUT2D eigenvalue weighted by Crippen LogP contribution is 2.17. The molecule has 0 radical (unpaired) electrons. The van der Waals surface area contributed by atoms with E-state index >= 15 is 0 Å². The Morgan fingerprint density at radius 1 is 1.00 bits per heavy atom. The number of nitrogens with one attached hydrogen (secondary N) is 2. The van der Waals surface area contributed by atoms with Crippen LogP contribution in [0.15, 0.2) is 42.6 Å². The van der Waals surface area contributed by atoms with Gasteiger partial charge in [0.25, 0.3) is 5.91 Å². The van der Waals surface area contributed by atoms with Crippen LogP contribution in [0.25, 0.3) is 0 Å². The fourth-order valence-corrected chi connectivity index (χ4v) is 2.21. The SMILES string of the molecule is Cc1cccc(NC(=O)CNC(=O)C[n+]2ccccc2C)c1C. The van der Waals surface area contributed by atoms with Crippen LogP contribution in [0, 0.1) is 20.8 Å². The molecule has 0 saturated heterocycles. The largest absolute Gasteiger partial charge is 0.342 e. The molecule has 1 aromatic carbocycles. The molecule has 2 rings (SSSR count). The minimum absolute atomic E-state index is 0.0430. The second kappa shape index (κ2) is 7.54. The first kappa shape index (κ1) is 16.7. The lowest BCUT2D eigenvalue weighted by atomic mass is 10.1. The molecule has 2 N–H and O–H groups in total. The standard InChI is InChI=1S/C18H21N3O2/c1-13-7-6-9-16(15(13)3)20-17(22)11-19-18(23)12-21-10-5-4-8-14(21)2/h4-10H,11-12H2,1-3H3,(H-,19,20,22,23)/p+1. The number of nitrogens with zero attached hydrogens (tertiary/aromatic N) is 1. The van der Waals surface area contributed by atoms with Gasteiger partial charge in [0.05, 0.1) is 6.54 Å². The molecule has 0 spiro atoms. The third kappa shape index (κ3) is 4.64. The highest BCUT2D eigenvalue weighted by Gasteiger charge is 2.13. The molecule has 0 saturated carbocycles. The summed E-state index contributed by atoms with van der Waals surface area (Å²) in [4.78, 5) is 23.9. The van der Waals surface area contributed by atoms with Crippen molar-refractivity contribution in [3.05, 3.63) is 59.4 Å². The highest BCUT2D eigenvalue weighted by atomic mass is 16.2. The van der Waals surface area contributed by atoms with E-state index in [1.807, 2.05) is 67.9 Å². The topological polar surface area (TPSA) is 62.1 Å². The van der Waals surface area contributed by atoms with Crippen molar-refractivity contribution in [1.82, 2.24) is 5.32 Å². The summed E-state index contributed by atoms with van der Waals surface area (Å²) in [5.41, 5.74) is 3.91. The third-order valence-corrected chi connectivity index (χ3v) is 3.81. The summed E-state index contributed by atoms with van der Waals surface area (Å²) in [6, 6.07) is 11.5. The van der Waals surface area contributed by atoms with E-state index in [1.165, 1.54) is 0 Å². The van der Waals surface area contributed by atoms with Crippen molar-refractivity contribution in [1.29, 1.82) is 0 Å². The molecule has 5 heteroatoms. The van der Waals surface area contributed by atoms with Gasteiger partial charge in [-0.1, -0.05) is 18.2 Å². The van der Waals surface area contributed by atoms with Gasteiger partial charge in [-0.2, -0.15) is 4.57 Å². The Morgan fingerprint density at radius 2 is 1.78 bits per heavy atom. The Balaban J connectivity index is 1.86. The third-order valence-electron chi connectivity index (χ3n) is 3.81. The lowest BCUT2D eigenvalue weighted by molar-refractivity contribution is -0.690. The van der Waals surface area contributed by atoms with Gasteiger partial charge in [0.1, 0.15) is 0 Å². The molecule has 2 aromatic rings. The molecule has 0 atom stereocenters. The van der Waals surface area contributed by atoms with Gasteiger partial charge in [-0.05, 0) is 31.0 Å². The molecule has 0 aliphatic rings. The van der Waals surface area contributed by atoms with Crippen LogP contribution in [0.1, 0.15) is 16.8 Å². The number of aryl methyl sites for hydroxylation is 2. The number of hydrogen-bond acceptors (Lipinski definition) is 2. The van der Waals surface area contributed by atoms with Crippen molar-refractivity contribution in [3.63, 3.8) is 0 Å². The van der Waals surface area contributed by atoms with Gasteiger partial charge < -0.3 is 10.6 Å². The number of carbonyl (C=O) groups excluding carboxylic acids is 2. The average molecular weight is 312 g/mol. The summed E-state index contributed by atoms with van der Waals surface area (Å²) in [7, 11) is 0. The van der Waals surface area contributed by atoms with E-state index in [4.69, 9.17) is 0 Å². The highest BCUT2D eigenvalue weighted by molar-refractivity contribution is 5.95. The minimum Gasteiger partial charge on any atom is -0.342 e. The zero-order chi connectivity index (χ0) is 16.8. The van der Waals surface area contributed by atoms with Crippen LogP contribution in [0.4, 0.5) is 5.69 Å². The molecule has 0 fully saturated rings. The van der Waals surface area contributed by atoms with E-state index in [9.17, 15) is 9.59 Å². The number of pyridine rings is 1. The Labute approximate surface area is 136 Å². The summed E-state index contributed by atoms with van der Waals surface area (Å²) in [5, 5.41) is 5.46. The van der Waals surface area contributed by atoms with E-state index in [2.05, 4.69) is 10.6 Å². The fraction of sp³-hybridized carbons (Fsp3) is 0.278. The average Bonchev–Trinajstić information content (AvgIpc) is 2.52. The van der Waals surface area contributed by atoms with E-state index < -0.39 is 0 Å². The Kier molecular flexibility index (Phi) is 5.46. The van der Waals surface area contributed by atoms with Gasteiger partial charge in [-0.25, -0.2) is 0 Å². The van der Waals surface area contributed by atoms with E-state index in [0.717, 1.165) is 22.5 Å². The van der Waals surface area contributed by atoms with Crippen LogP contribution in [0.2, 0.25) is 0 Å². The van der Waals surface area contributed by atoms with Crippen molar-refractivity contribution in [2.45, 2.75) is 27.3 Å². The summed E-state index contributed by atoms with van der Waals surface area (Å²) in [6.07, 6.45) is 1.84. The van der Waals surface area contributed by atoms with E-state index in [0.29, 0.717) is 0 Å². The molecule has 120 valence electrons. The van der Waals surface area contributed by atoms with Gasteiger partial charge in [0.2, 0.25) is 12.5 Å². The van der Waals surface area contributed by atoms with Crippen LogP contribution in [0.3, 0.4) is 0 Å². The molecular formula is C18H22N3O2+. The predicted octanol–water partition coefficient (Wildman–Crippen LogP) is 1.65. The Morgan fingerprint density at radius 3 is 2.52 bits per heavy atom. The van der Waals surface area contributed by atoms with Crippen LogP contribution in [0.5, 0.6) is 0 Å². The number of amides is 2. The van der Waals surface area contributed by atoms with Crippen LogP contribution in [-0.4, -0.2) is 18.4 Å². The quantitative estimate of drug-likeness (QED) is 0.825. The van der Waals surface area contributed by atoms with Crippen molar-refractivity contribution in [2.24, 2.45) is 0 Å². The maximum absolute atomic E-state index is 12.0. The van der Waals surface area contributed by atoms with Crippen molar-refractivity contribution in [2.75, 3.05) is 11.9 Å². The summed E-state index contributed by atoms with van der Waals surface area (Å²) in [6.45, 7) is 6.03. The van der Waals surface area contributed by atoms with Crippen molar-refractivity contribution >= 4 is 17.5 Å². The molecule has 5 nitrogen and oxygen atoms in total. The van der Waals surface area contributed by atoms with Crippen LogP contribution < -0.4 is 15.2 Å². The van der Waals surface area contributed by atoms with Crippen LogP contribution in [-0.2, 0) is 16.1 Å². The number of carbonyl (C=O) groups is 2. The number of rotatable bonds is 5. The molecule has 1 aromatic heterocycles. The van der Waals surface area contributed by atoms with E-state index in [-0.39, 0.29) is 24.9 Å². The zero-order valence-electron chi connectivity index (χ0n) is 13.7. The maximum atomic E-state index is 12.0. The number of benzene rings is 1. The molecule has 1 heterocycles. The smallest absolute Gasteiger partial charge is 0.286 e. The van der Waals surface area contributed by atoms with Crippen LogP contribution >= 0.6 is 0 Å². The molecule has 0 aliphatic carbocycles. The Hall–Kier alpha value is -2.69. The predicted molar refractivity (Wildman–Crippen MR) is 88.9 cm³/mol. The monoisotopic (exact) mass is 312 g/mol. The van der Waals surface area contributed by atoms with Gasteiger partial charge in [-0.3, -0.25) is 9.59 Å². The lowest BCUT2D eigenvalue weighted by Crippen LogP contribution is -2.46. The van der Waals surface area contributed by atoms with Crippen molar-refractivity contribution < 1.29 is 14.2 Å². The second-order valence-corrected chi connectivity index (χ2v) is 5.54. The van der Waals surface area contributed by atoms with Crippen molar-refractivity contribution in [3.8, 4) is 0 Å². The molecule has 0 aliphatic heterocycles. The lowest BCUT2D eigenvalue weighted by Gasteiger charge is -2.10. The maximum Gasteiger partial charge on any atom is 0.286 e. The normalized spacial score (nSPS) is 10.2.